The summed E-state index contributed by atoms with van der Waals surface area (Å²) in [6.45, 7) is 17.8. The first-order valence-electron chi connectivity index (χ1n) is 27.9. The Morgan fingerprint density at radius 3 is 1.45 bits per heavy atom. The smallest absolute Gasteiger partial charge is 0.313 e. The molecule has 82 heavy (non-hydrogen) atoms. The van der Waals surface area contributed by atoms with Crippen LogP contribution in [0.4, 0.5) is 22.0 Å². The number of ether oxygens (including phenoxy) is 1. The summed E-state index contributed by atoms with van der Waals surface area (Å²) in [5, 5.41) is 18.6. The molecule has 0 aliphatic carbocycles. The van der Waals surface area contributed by atoms with Gasteiger partial charge in [0.25, 0.3) is 11.8 Å². The quantitative estimate of drug-likeness (QED) is 0.0701. The number of aromatic nitrogens is 4. The fourth-order valence-electron chi connectivity index (χ4n) is 10.8. The lowest BCUT2D eigenvalue weighted by atomic mass is 9.79. The van der Waals surface area contributed by atoms with E-state index in [0.717, 1.165) is 30.9 Å². The van der Waals surface area contributed by atoms with Crippen LogP contribution in [-0.4, -0.2) is 114 Å². The predicted molar refractivity (Wildman–Crippen MR) is 301 cm³/mol. The van der Waals surface area contributed by atoms with Gasteiger partial charge in [0.15, 0.2) is 40.4 Å². The van der Waals surface area contributed by atoms with Crippen LogP contribution < -0.4 is 15.6 Å². The van der Waals surface area contributed by atoms with Crippen LogP contribution in [0.5, 0.6) is 11.5 Å². The predicted octanol–water partition coefficient (Wildman–Crippen LogP) is 10.6. The lowest BCUT2D eigenvalue weighted by Crippen LogP contribution is -2.51. The molecule has 2 fully saturated rings. The minimum Gasteiger partial charge on any atom is -0.502 e. The molecule has 10 rings (SSSR count). The van der Waals surface area contributed by atoms with Gasteiger partial charge in [0.2, 0.25) is 21.8 Å². The van der Waals surface area contributed by atoms with Crippen molar-refractivity contribution in [1.82, 2.24) is 34.3 Å². The standard InChI is InChI=1S/C27H25F2N3O4.C23H19F2N3O3.C6H15N.C4H7ClO.CH3F/c1-15(2)27(35)36-25-20(33)14-30-32-23(19-12-7-13-31(19)26(34)24(25)32)21(16-8-4-3-5-9-16)17-10-6-11-18(28)22(17)29;24-15-9-4-8-14(19(15)25)18(13-6-2-1-3-7-13)20-16-10-5-11-27(16)23(31)21-22(30)17(29)12-26-28(20)21;1-4-7(5-2)6-3;1-3(2)4(5)6;1-2/h3-6,8-11,14-15,19,21,23H,7,12-13H2,1-2H3;1-4,6-9,12,16,18,20,30H,5,10-11H2;4-6H2,1-3H3;3H,1-2H3;1H3/t19-,21-,23-;16-,18-,20-;;;/m11.../s1/i;;;;1D. The Bertz CT molecular complexity index is 3330. The summed E-state index contributed by atoms with van der Waals surface area (Å²) >= 11 is 4.97. The molecule has 2 amide bonds. The van der Waals surface area contributed by atoms with E-state index in [2.05, 4.69) is 35.9 Å². The summed E-state index contributed by atoms with van der Waals surface area (Å²) < 4.78 is 82.6. The van der Waals surface area contributed by atoms with E-state index in [4.69, 9.17) is 17.7 Å². The number of amides is 2. The molecule has 4 aromatic carbocycles. The van der Waals surface area contributed by atoms with Crippen LogP contribution in [0, 0.1) is 35.1 Å². The molecule has 0 bridgehead atoms. The molecular formula is C61H69ClF5N7O8. The number of hydrogen-bond acceptors (Lipinski definition) is 11. The molecule has 438 valence electrons. The number of rotatable bonds is 12. The van der Waals surface area contributed by atoms with Gasteiger partial charge in [-0.15, -0.1) is 0 Å². The zero-order chi connectivity index (χ0) is 60.8. The number of benzene rings is 4. The van der Waals surface area contributed by atoms with Crippen molar-refractivity contribution in [2.45, 2.75) is 110 Å². The minimum absolute atomic E-state index is 0.0216. The van der Waals surface area contributed by atoms with Crippen LogP contribution in [-0.2, 0) is 9.59 Å². The van der Waals surface area contributed by atoms with Crippen molar-refractivity contribution < 1.29 is 52.3 Å². The Balaban J connectivity index is 0.000000213. The van der Waals surface area contributed by atoms with E-state index < -0.39 is 100 Å². The normalized spacial score (nSPS) is 18.4. The third-order valence-corrected chi connectivity index (χ3v) is 15.4. The van der Waals surface area contributed by atoms with Crippen molar-refractivity contribution in [3.8, 4) is 11.5 Å². The third kappa shape index (κ3) is 13.7. The molecule has 1 N–H and O–H groups in total. The van der Waals surface area contributed by atoms with Crippen LogP contribution in [0.25, 0.3) is 0 Å². The number of esters is 1. The van der Waals surface area contributed by atoms with Gasteiger partial charge in [-0.2, -0.15) is 10.2 Å². The van der Waals surface area contributed by atoms with Crippen molar-refractivity contribution in [3.05, 3.63) is 187 Å². The average molecular weight is 1160 g/mol. The molecule has 15 nitrogen and oxygen atoms in total. The SMILES string of the molecule is CC(C)C(=O)Cl.CC(C)C(=O)Oc1c2n(ncc1=O)[C@@H]([C@H](c1ccccc1)c1cccc(F)c1F)[C@H]1CCCN1C2=O.CCN(CC)CC.O=C1c2c(O)c(=O)cnn2[C@@H]([C@H](c2ccccc2)c2cccc(F)c2F)[C@H]2CCCN12.[2H]CF. The highest BCUT2D eigenvalue weighted by molar-refractivity contribution is 6.63. The van der Waals surface area contributed by atoms with Gasteiger partial charge in [-0.05, 0) is 80.2 Å². The zero-order valence-electron chi connectivity index (χ0n) is 47.8. The van der Waals surface area contributed by atoms with Gasteiger partial charge < -0.3 is 24.5 Å². The first-order valence-corrected chi connectivity index (χ1v) is 27.6. The second-order valence-electron chi connectivity index (χ2n) is 20.4. The number of hydrogen-bond donors (Lipinski definition) is 1. The van der Waals surface area contributed by atoms with E-state index >= 15 is 8.78 Å². The van der Waals surface area contributed by atoms with Gasteiger partial charge in [0, 0.05) is 42.0 Å². The summed E-state index contributed by atoms with van der Waals surface area (Å²) in [5.74, 6) is -8.60. The third-order valence-electron chi connectivity index (χ3n) is 14.9. The van der Waals surface area contributed by atoms with Gasteiger partial charge in [-0.25, -0.2) is 22.2 Å². The van der Waals surface area contributed by atoms with Crippen molar-refractivity contribution >= 4 is 34.6 Å². The van der Waals surface area contributed by atoms with Crippen molar-refractivity contribution in [3.63, 3.8) is 0 Å². The number of carbonyl (C=O) groups excluding carboxylic acids is 4. The molecule has 6 aromatic rings. The van der Waals surface area contributed by atoms with E-state index in [-0.39, 0.29) is 45.8 Å². The van der Waals surface area contributed by atoms with Gasteiger partial charge in [-0.1, -0.05) is 133 Å². The average Bonchev–Trinajstić information content (AvgIpc) is 4.36. The Labute approximate surface area is 479 Å². The van der Waals surface area contributed by atoms with Crippen LogP contribution in [0.15, 0.2) is 119 Å². The van der Waals surface area contributed by atoms with E-state index in [1.807, 2.05) is 36.4 Å². The molecule has 6 heterocycles. The van der Waals surface area contributed by atoms with Gasteiger partial charge >= 0.3 is 5.97 Å². The van der Waals surface area contributed by atoms with Crippen LogP contribution in [0.2, 0.25) is 0 Å². The fourth-order valence-corrected chi connectivity index (χ4v) is 10.8. The molecule has 4 aliphatic heterocycles. The summed E-state index contributed by atoms with van der Waals surface area (Å²) in [5.41, 5.74) is -0.185. The molecule has 0 unspecified atom stereocenters. The number of fused-ring (bicyclic) bond motifs is 4. The van der Waals surface area contributed by atoms with Crippen molar-refractivity contribution in [1.29, 1.82) is 0 Å². The Morgan fingerprint density at radius 1 is 0.659 bits per heavy atom. The topological polar surface area (TPSA) is 177 Å². The van der Waals surface area contributed by atoms with E-state index in [1.54, 1.807) is 61.8 Å². The number of carbonyl (C=O) groups is 4. The van der Waals surface area contributed by atoms with E-state index in [0.29, 0.717) is 43.5 Å². The summed E-state index contributed by atoms with van der Waals surface area (Å²) in [7, 11) is -1.00. The Kier molecular flexibility index (Phi) is 21.9. The summed E-state index contributed by atoms with van der Waals surface area (Å²) in [6, 6.07) is 24.1. The second kappa shape index (κ2) is 28.9. The maximum atomic E-state index is 15.3. The highest BCUT2D eigenvalue weighted by atomic mass is 35.5. The van der Waals surface area contributed by atoms with Crippen molar-refractivity contribution in [2.75, 3.05) is 39.9 Å². The summed E-state index contributed by atoms with van der Waals surface area (Å²) in [4.78, 5) is 79.4. The largest absolute Gasteiger partial charge is 0.502 e. The number of halogens is 6. The molecule has 2 saturated heterocycles. The molecule has 2 aromatic heterocycles. The first-order chi connectivity index (χ1) is 39.7. The number of aromatic hydroxyl groups is 1. The molecule has 6 atom stereocenters. The number of nitrogens with zero attached hydrogens (tertiary/aromatic N) is 7. The maximum Gasteiger partial charge on any atom is 0.313 e. The molecule has 0 spiro atoms. The second-order valence-corrected chi connectivity index (χ2v) is 20.8. The molecule has 4 aliphatic rings. The van der Waals surface area contributed by atoms with Crippen LogP contribution in [0.1, 0.15) is 143 Å². The van der Waals surface area contributed by atoms with Gasteiger partial charge in [-0.3, -0.25) is 37.8 Å². The maximum absolute atomic E-state index is 15.3. The van der Waals surface area contributed by atoms with E-state index in [9.17, 15) is 47.0 Å². The highest BCUT2D eigenvalue weighted by Gasteiger charge is 2.50. The molecule has 21 heteroatoms. The van der Waals surface area contributed by atoms with Crippen molar-refractivity contribution in [2.24, 2.45) is 11.8 Å². The van der Waals surface area contributed by atoms with Gasteiger partial charge in [0.1, 0.15) is 0 Å². The minimum atomic E-state index is -1.00. The van der Waals surface area contributed by atoms with Crippen LogP contribution >= 0.6 is 11.6 Å². The Morgan fingerprint density at radius 2 is 1.06 bits per heavy atom. The molecule has 0 radical (unpaired) electrons. The van der Waals surface area contributed by atoms with Crippen LogP contribution in [0.3, 0.4) is 0 Å². The monoisotopic (exact) mass is 1160 g/mol. The molecular weight excluding hydrogens is 1090 g/mol. The van der Waals surface area contributed by atoms with E-state index in [1.165, 1.54) is 53.3 Å². The lowest BCUT2D eigenvalue weighted by Gasteiger charge is -2.42. The Hall–Kier alpha value is -7.58. The van der Waals surface area contributed by atoms with Gasteiger partial charge in [0.05, 0.1) is 51.0 Å². The first kappa shape index (κ1) is 62.0. The highest BCUT2D eigenvalue weighted by Crippen LogP contribution is 2.48. The summed E-state index contributed by atoms with van der Waals surface area (Å²) in [6.07, 6.45) is 4.63. The zero-order valence-corrected chi connectivity index (χ0v) is 47.5. The lowest BCUT2D eigenvalue weighted by molar-refractivity contribution is -0.137. The molecule has 0 saturated carbocycles. The number of alkyl halides is 1. The fraction of sp³-hybridized carbons (Fsp3) is 0.410.